The minimum absolute atomic E-state index is 0.279. The van der Waals surface area contributed by atoms with E-state index in [-0.39, 0.29) is 5.82 Å². The monoisotopic (exact) mass is 408 g/mol. The van der Waals surface area contributed by atoms with Crippen molar-refractivity contribution in [1.82, 2.24) is 30.0 Å². The lowest BCUT2D eigenvalue weighted by Gasteiger charge is -2.21. The van der Waals surface area contributed by atoms with Gasteiger partial charge in [0.05, 0.1) is 0 Å². The Bertz CT molecular complexity index is 1030. The van der Waals surface area contributed by atoms with Gasteiger partial charge in [0, 0.05) is 31.4 Å². The number of anilines is 3. The number of hydrogen-bond acceptors (Lipinski definition) is 7. The molecule has 0 unspecified atom stereocenters. The maximum atomic E-state index is 13.5. The number of hydrogen-bond donors (Lipinski definition) is 2. The van der Waals surface area contributed by atoms with Crippen LogP contribution in [0.3, 0.4) is 0 Å². The second-order valence-corrected chi connectivity index (χ2v) is 7.41. The van der Waals surface area contributed by atoms with Gasteiger partial charge in [0.1, 0.15) is 5.82 Å². The summed E-state index contributed by atoms with van der Waals surface area (Å²) in [5.74, 6) is 1.90. The largest absolute Gasteiger partial charge is 0.339 e. The van der Waals surface area contributed by atoms with Gasteiger partial charge in [0.15, 0.2) is 11.6 Å². The van der Waals surface area contributed by atoms with E-state index in [1.54, 1.807) is 18.2 Å². The summed E-state index contributed by atoms with van der Waals surface area (Å²) in [6, 6.07) is 8.27. The molecule has 156 valence electrons. The number of aromatic nitrogens is 5. The topological polar surface area (TPSA) is 85.9 Å². The molecular formula is C21H25FN8. The Kier molecular flexibility index (Phi) is 5.99. The highest BCUT2D eigenvalue weighted by molar-refractivity contribution is 5.67. The molecule has 1 aliphatic rings. The third-order valence-electron chi connectivity index (χ3n) is 4.86. The molecule has 9 heteroatoms. The van der Waals surface area contributed by atoms with Gasteiger partial charge in [0.25, 0.3) is 0 Å². The van der Waals surface area contributed by atoms with E-state index < -0.39 is 0 Å². The summed E-state index contributed by atoms with van der Waals surface area (Å²) < 4.78 is 13.5. The third-order valence-corrected chi connectivity index (χ3v) is 4.86. The number of aromatic amines is 1. The summed E-state index contributed by atoms with van der Waals surface area (Å²) in [5, 5.41) is 10.2. The standard InChI is InChI=1S/C21H25FN8/c1-15-13-19(28-27-15)24-20-23-18(8-7-16-5-3-6-17(22)14-16)25-21(26-20)30-10-4-9-29(2)11-12-30/h3,5-8,13-14H,4,9-12H2,1-2H3,(H2,23,24,25,26,27,28)/b8-7+. The number of likely N-dealkylation sites (N-methyl/N-ethyl adjacent to an activating group) is 1. The molecule has 1 fully saturated rings. The van der Waals surface area contributed by atoms with E-state index in [1.807, 2.05) is 19.1 Å². The molecular weight excluding hydrogens is 383 g/mol. The molecule has 4 rings (SSSR count). The van der Waals surface area contributed by atoms with Crippen molar-refractivity contribution < 1.29 is 4.39 Å². The van der Waals surface area contributed by atoms with Crippen LogP contribution in [0.15, 0.2) is 30.3 Å². The van der Waals surface area contributed by atoms with Gasteiger partial charge in [0.2, 0.25) is 11.9 Å². The molecule has 0 aliphatic carbocycles. The predicted molar refractivity (Wildman–Crippen MR) is 116 cm³/mol. The first-order valence-electron chi connectivity index (χ1n) is 9.97. The SMILES string of the molecule is Cc1cc(Nc2nc(/C=C/c3cccc(F)c3)nc(N3CCCN(C)CC3)n2)n[nH]1. The molecule has 0 radical (unpaired) electrons. The smallest absolute Gasteiger partial charge is 0.233 e. The molecule has 3 aromatic rings. The number of nitrogens with one attached hydrogen (secondary N) is 2. The molecule has 2 aromatic heterocycles. The first-order chi connectivity index (χ1) is 14.5. The molecule has 0 spiro atoms. The minimum atomic E-state index is -0.279. The molecule has 2 N–H and O–H groups in total. The summed E-state index contributed by atoms with van der Waals surface area (Å²) in [4.78, 5) is 18.2. The van der Waals surface area contributed by atoms with E-state index in [0.29, 0.717) is 23.5 Å². The van der Waals surface area contributed by atoms with Crippen LogP contribution in [0, 0.1) is 12.7 Å². The highest BCUT2D eigenvalue weighted by Crippen LogP contribution is 2.18. The second kappa shape index (κ2) is 9.00. The normalized spacial score (nSPS) is 15.5. The van der Waals surface area contributed by atoms with E-state index >= 15 is 0 Å². The van der Waals surface area contributed by atoms with Gasteiger partial charge in [-0.15, -0.1) is 0 Å². The van der Waals surface area contributed by atoms with Gasteiger partial charge in [-0.1, -0.05) is 18.2 Å². The van der Waals surface area contributed by atoms with Gasteiger partial charge in [-0.05, 0) is 50.7 Å². The van der Waals surface area contributed by atoms with E-state index in [0.717, 1.165) is 43.9 Å². The highest BCUT2D eigenvalue weighted by Gasteiger charge is 2.17. The molecule has 1 aliphatic heterocycles. The van der Waals surface area contributed by atoms with Crippen LogP contribution in [0.2, 0.25) is 0 Å². The number of nitrogens with zero attached hydrogens (tertiary/aromatic N) is 6. The van der Waals surface area contributed by atoms with E-state index in [1.165, 1.54) is 12.1 Å². The van der Waals surface area contributed by atoms with Gasteiger partial charge in [-0.25, -0.2) is 4.39 Å². The lowest BCUT2D eigenvalue weighted by molar-refractivity contribution is 0.360. The van der Waals surface area contributed by atoms with Gasteiger partial charge in [-0.2, -0.15) is 20.1 Å². The van der Waals surface area contributed by atoms with E-state index in [2.05, 4.69) is 47.3 Å². The molecule has 0 saturated carbocycles. The molecule has 3 heterocycles. The molecule has 30 heavy (non-hydrogen) atoms. The number of benzene rings is 1. The summed E-state index contributed by atoms with van der Waals surface area (Å²) in [7, 11) is 2.12. The van der Waals surface area contributed by atoms with E-state index in [9.17, 15) is 4.39 Å². The summed E-state index contributed by atoms with van der Waals surface area (Å²) in [5.41, 5.74) is 1.68. The van der Waals surface area contributed by atoms with Crippen molar-refractivity contribution in [3.05, 3.63) is 53.2 Å². The maximum absolute atomic E-state index is 13.5. The lowest BCUT2D eigenvalue weighted by Crippen LogP contribution is -2.30. The number of aryl methyl sites for hydroxylation is 1. The van der Waals surface area contributed by atoms with Crippen molar-refractivity contribution in [3.63, 3.8) is 0 Å². The van der Waals surface area contributed by atoms with E-state index in [4.69, 9.17) is 0 Å². The second-order valence-electron chi connectivity index (χ2n) is 7.41. The molecule has 8 nitrogen and oxygen atoms in total. The van der Waals surface area contributed by atoms with Gasteiger partial charge in [-0.3, -0.25) is 5.10 Å². The summed E-state index contributed by atoms with van der Waals surface area (Å²) in [6.45, 7) is 5.64. The summed E-state index contributed by atoms with van der Waals surface area (Å²) in [6.07, 6.45) is 4.60. The number of rotatable bonds is 5. The third kappa shape index (κ3) is 5.18. The Hall–Kier alpha value is -3.33. The Morgan fingerprint density at radius 3 is 2.77 bits per heavy atom. The average Bonchev–Trinajstić information content (AvgIpc) is 3.00. The van der Waals surface area contributed by atoms with Gasteiger partial charge < -0.3 is 15.1 Å². The predicted octanol–water partition coefficient (Wildman–Crippen LogP) is 3.10. The van der Waals surface area contributed by atoms with Crippen LogP contribution in [-0.2, 0) is 0 Å². The van der Waals surface area contributed by atoms with Crippen LogP contribution >= 0.6 is 0 Å². The van der Waals surface area contributed by atoms with Crippen LogP contribution in [0.4, 0.5) is 22.1 Å². The van der Waals surface area contributed by atoms with Crippen molar-refractivity contribution in [1.29, 1.82) is 0 Å². The highest BCUT2D eigenvalue weighted by atomic mass is 19.1. The van der Waals surface area contributed by atoms with Crippen LogP contribution < -0.4 is 10.2 Å². The van der Waals surface area contributed by atoms with Crippen molar-refractivity contribution in [2.75, 3.05) is 43.4 Å². The van der Waals surface area contributed by atoms with Crippen LogP contribution in [-0.4, -0.2) is 63.3 Å². The molecule has 0 atom stereocenters. The first kappa shape index (κ1) is 20.0. The van der Waals surface area contributed by atoms with Crippen LogP contribution in [0.1, 0.15) is 23.5 Å². The van der Waals surface area contributed by atoms with Crippen molar-refractivity contribution in [2.24, 2.45) is 0 Å². The Morgan fingerprint density at radius 2 is 1.97 bits per heavy atom. The maximum Gasteiger partial charge on any atom is 0.233 e. The van der Waals surface area contributed by atoms with Crippen molar-refractivity contribution in [3.8, 4) is 0 Å². The van der Waals surface area contributed by atoms with Crippen molar-refractivity contribution >= 4 is 29.9 Å². The first-order valence-corrected chi connectivity index (χ1v) is 9.97. The Balaban J connectivity index is 1.64. The number of halogens is 1. The molecule has 0 amide bonds. The molecule has 1 aromatic carbocycles. The molecule has 1 saturated heterocycles. The fourth-order valence-electron chi connectivity index (χ4n) is 3.28. The van der Waals surface area contributed by atoms with Gasteiger partial charge >= 0.3 is 0 Å². The zero-order valence-electron chi connectivity index (χ0n) is 17.1. The summed E-state index contributed by atoms with van der Waals surface area (Å²) >= 11 is 0. The average molecular weight is 408 g/mol. The quantitative estimate of drug-likeness (QED) is 0.671. The Labute approximate surface area is 174 Å². The fourth-order valence-corrected chi connectivity index (χ4v) is 3.28. The zero-order valence-corrected chi connectivity index (χ0v) is 17.1. The zero-order chi connectivity index (χ0) is 20.9. The van der Waals surface area contributed by atoms with Crippen LogP contribution in [0.25, 0.3) is 12.2 Å². The fraction of sp³-hybridized carbons (Fsp3) is 0.333. The minimum Gasteiger partial charge on any atom is -0.339 e. The van der Waals surface area contributed by atoms with Crippen LogP contribution in [0.5, 0.6) is 0 Å². The lowest BCUT2D eigenvalue weighted by atomic mass is 10.2. The van der Waals surface area contributed by atoms with Crippen molar-refractivity contribution in [2.45, 2.75) is 13.3 Å². The number of H-pyrrole nitrogens is 1. The Morgan fingerprint density at radius 1 is 1.07 bits per heavy atom. The molecule has 0 bridgehead atoms.